The Morgan fingerprint density at radius 3 is 2.00 bits per heavy atom. The Morgan fingerprint density at radius 2 is 1.58 bits per heavy atom. The fourth-order valence-electron chi connectivity index (χ4n) is 0.909. The number of hydrogen-bond donors (Lipinski definition) is 0. The molecule has 0 rings (SSSR count). The van der Waals surface area contributed by atoms with Crippen molar-refractivity contribution in [3.8, 4) is 11.8 Å². The summed E-state index contributed by atoms with van der Waals surface area (Å²) in [5, 5.41) is 0. The fourth-order valence-corrected chi connectivity index (χ4v) is 0.909. The van der Waals surface area contributed by atoms with Crippen LogP contribution in [0.2, 0.25) is 0 Å². The zero-order chi connectivity index (χ0) is 9.56. The van der Waals surface area contributed by atoms with Crippen LogP contribution in [0, 0.1) is 29.6 Å². The molecule has 0 bridgehead atoms. The monoisotopic (exact) mass is 166 g/mol. The van der Waals surface area contributed by atoms with E-state index in [1.807, 2.05) is 0 Å². The second-order valence-corrected chi connectivity index (χ2v) is 4.24. The number of rotatable bonds is 3. The van der Waals surface area contributed by atoms with E-state index in [0.29, 0.717) is 5.92 Å². The van der Waals surface area contributed by atoms with Crippen molar-refractivity contribution in [2.45, 2.75) is 47.5 Å². The van der Waals surface area contributed by atoms with Gasteiger partial charge in [-0.1, -0.05) is 34.6 Å². The largest absolute Gasteiger partial charge is 0.103 e. The van der Waals surface area contributed by atoms with Gasteiger partial charge in [0.2, 0.25) is 0 Å². The quantitative estimate of drug-likeness (QED) is 0.561. The fraction of sp³-hybridized carbons (Fsp3) is 0.833. The summed E-state index contributed by atoms with van der Waals surface area (Å²) in [5.41, 5.74) is 0. The highest BCUT2D eigenvalue weighted by molar-refractivity contribution is 5.01. The van der Waals surface area contributed by atoms with Gasteiger partial charge in [-0.05, 0) is 18.3 Å². The molecule has 0 heterocycles. The Bertz CT molecular complexity index is 155. The molecule has 0 nitrogen and oxygen atoms in total. The summed E-state index contributed by atoms with van der Waals surface area (Å²) < 4.78 is 0. The van der Waals surface area contributed by atoms with Crippen molar-refractivity contribution >= 4 is 0 Å². The average Bonchev–Trinajstić information content (AvgIpc) is 1.97. The van der Waals surface area contributed by atoms with Gasteiger partial charge in [0.25, 0.3) is 0 Å². The van der Waals surface area contributed by atoms with E-state index >= 15 is 0 Å². The number of hydrogen-bond acceptors (Lipinski definition) is 0. The Morgan fingerprint density at radius 1 is 1.00 bits per heavy atom. The molecular weight excluding hydrogens is 144 g/mol. The van der Waals surface area contributed by atoms with Crippen LogP contribution in [0.5, 0.6) is 0 Å². The van der Waals surface area contributed by atoms with Crippen LogP contribution >= 0.6 is 0 Å². The highest BCUT2D eigenvalue weighted by atomic mass is 14.1. The third kappa shape index (κ3) is 6.28. The summed E-state index contributed by atoms with van der Waals surface area (Å²) in [4.78, 5) is 0. The molecule has 0 aromatic heterocycles. The molecule has 0 saturated heterocycles. The van der Waals surface area contributed by atoms with Crippen LogP contribution in [0.1, 0.15) is 47.5 Å². The molecule has 1 atom stereocenters. The van der Waals surface area contributed by atoms with E-state index in [1.54, 1.807) is 0 Å². The molecule has 0 aromatic carbocycles. The van der Waals surface area contributed by atoms with Gasteiger partial charge in [-0.15, -0.1) is 11.8 Å². The molecule has 0 aliphatic rings. The van der Waals surface area contributed by atoms with Crippen LogP contribution in [0.3, 0.4) is 0 Å². The normalized spacial score (nSPS) is 12.9. The molecule has 1 unspecified atom stereocenters. The van der Waals surface area contributed by atoms with E-state index in [9.17, 15) is 0 Å². The lowest BCUT2D eigenvalue weighted by Crippen LogP contribution is -2.02. The summed E-state index contributed by atoms with van der Waals surface area (Å²) in [6, 6.07) is 0. The highest BCUT2D eigenvalue weighted by Gasteiger charge is 2.04. The second kappa shape index (κ2) is 6.12. The van der Waals surface area contributed by atoms with Crippen LogP contribution in [0.25, 0.3) is 0 Å². The smallest absolute Gasteiger partial charge is 0.0146 e. The van der Waals surface area contributed by atoms with E-state index in [1.165, 1.54) is 6.42 Å². The first-order valence-electron chi connectivity index (χ1n) is 5.02. The van der Waals surface area contributed by atoms with Gasteiger partial charge in [-0.3, -0.25) is 0 Å². The van der Waals surface area contributed by atoms with Crippen LogP contribution in [-0.4, -0.2) is 0 Å². The minimum Gasteiger partial charge on any atom is -0.103 e. The van der Waals surface area contributed by atoms with Crippen molar-refractivity contribution in [2.75, 3.05) is 0 Å². The van der Waals surface area contributed by atoms with Crippen LogP contribution in [0.15, 0.2) is 0 Å². The van der Waals surface area contributed by atoms with Gasteiger partial charge in [0.1, 0.15) is 0 Å². The predicted octanol–water partition coefficient (Wildman–Crippen LogP) is 3.72. The first-order chi connectivity index (χ1) is 5.54. The molecule has 0 aromatic rings. The van der Waals surface area contributed by atoms with Gasteiger partial charge in [0.15, 0.2) is 0 Å². The summed E-state index contributed by atoms with van der Waals surface area (Å²) >= 11 is 0. The van der Waals surface area contributed by atoms with Crippen molar-refractivity contribution in [1.82, 2.24) is 0 Å². The van der Waals surface area contributed by atoms with Gasteiger partial charge in [-0.2, -0.15) is 0 Å². The van der Waals surface area contributed by atoms with Gasteiger partial charge in [0, 0.05) is 12.3 Å². The summed E-state index contributed by atoms with van der Waals surface area (Å²) in [7, 11) is 0. The molecule has 0 radical (unpaired) electrons. The third-order valence-electron chi connectivity index (χ3n) is 2.25. The molecule has 70 valence electrons. The molecule has 0 heteroatoms. The van der Waals surface area contributed by atoms with Crippen LogP contribution in [0.4, 0.5) is 0 Å². The summed E-state index contributed by atoms with van der Waals surface area (Å²) in [5.74, 6) is 8.55. The maximum atomic E-state index is 3.22. The topological polar surface area (TPSA) is 0 Å². The van der Waals surface area contributed by atoms with Gasteiger partial charge < -0.3 is 0 Å². The van der Waals surface area contributed by atoms with E-state index in [0.717, 1.165) is 18.3 Å². The molecule has 0 aliphatic carbocycles. The lowest BCUT2D eigenvalue weighted by molar-refractivity contribution is 0.397. The lowest BCUT2D eigenvalue weighted by atomic mass is 9.93. The minimum atomic E-state index is 0.527. The molecule has 0 aliphatic heterocycles. The van der Waals surface area contributed by atoms with Crippen molar-refractivity contribution in [1.29, 1.82) is 0 Å². The molecule has 0 saturated carbocycles. The maximum absolute atomic E-state index is 3.22. The molecule has 0 spiro atoms. The zero-order valence-corrected chi connectivity index (χ0v) is 9.15. The third-order valence-corrected chi connectivity index (χ3v) is 2.25. The molecule has 0 fully saturated rings. The summed E-state index contributed by atoms with van der Waals surface area (Å²) in [6.07, 6.45) is 2.31. The first-order valence-corrected chi connectivity index (χ1v) is 5.02. The Balaban J connectivity index is 3.51. The maximum Gasteiger partial charge on any atom is 0.0146 e. The predicted molar refractivity (Wildman–Crippen MR) is 55.9 cm³/mol. The second-order valence-electron chi connectivity index (χ2n) is 4.24. The Labute approximate surface area is 77.8 Å². The SMILES string of the molecule is CC(C)C#CCCC(C)C(C)C. The summed E-state index contributed by atoms with van der Waals surface area (Å²) in [6.45, 7) is 11.1. The van der Waals surface area contributed by atoms with Crippen molar-refractivity contribution < 1.29 is 0 Å². The zero-order valence-electron chi connectivity index (χ0n) is 9.15. The van der Waals surface area contributed by atoms with Crippen LogP contribution < -0.4 is 0 Å². The Kier molecular flexibility index (Phi) is 5.89. The first kappa shape index (κ1) is 11.6. The van der Waals surface area contributed by atoms with Gasteiger partial charge in [-0.25, -0.2) is 0 Å². The molecule has 12 heavy (non-hydrogen) atoms. The Hall–Kier alpha value is -0.440. The standard InChI is InChI=1S/C12H22/c1-10(2)8-6-7-9-12(5)11(3)4/h10-12H,7,9H2,1-5H3. The van der Waals surface area contributed by atoms with Crippen molar-refractivity contribution in [2.24, 2.45) is 17.8 Å². The average molecular weight is 166 g/mol. The van der Waals surface area contributed by atoms with Crippen molar-refractivity contribution in [3.63, 3.8) is 0 Å². The van der Waals surface area contributed by atoms with E-state index in [-0.39, 0.29) is 0 Å². The van der Waals surface area contributed by atoms with Crippen molar-refractivity contribution in [3.05, 3.63) is 0 Å². The lowest BCUT2D eigenvalue weighted by Gasteiger charge is -2.12. The van der Waals surface area contributed by atoms with Gasteiger partial charge >= 0.3 is 0 Å². The van der Waals surface area contributed by atoms with Crippen LogP contribution in [-0.2, 0) is 0 Å². The van der Waals surface area contributed by atoms with Gasteiger partial charge in [0.05, 0.1) is 0 Å². The molecule has 0 N–H and O–H groups in total. The molecular formula is C12H22. The molecule has 0 amide bonds. The van der Waals surface area contributed by atoms with E-state index < -0.39 is 0 Å². The van der Waals surface area contributed by atoms with E-state index in [2.05, 4.69) is 46.5 Å². The minimum absolute atomic E-state index is 0.527. The highest BCUT2D eigenvalue weighted by Crippen LogP contribution is 2.15. The van der Waals surface area contributed by atoms with E-state index in [4.69, 9.17) is 0 Å².